The number of carboxylic acids is 2. The molecule has 41 heavy (non-hydrogen) atoms. The van der Waals surface area contributed by atoms with Gasteiger partial charge in [0.05, 0.1) is 12.1 Å². The van der Waals surface area contributed by atoms with Crippen molar-refractivity contribution in [3.05, 3.63) is 71.3 Å². The van der Waals surface area contributed by atoms with Gasteiger partial charge in [-0.05, 0) is 11.1 Å². The molecule has 1 aliphatic rings. The number of hydrogen-bond acceptors (Lipinski definition) is 8. The first-order valence-corrected chi connectivity index (χ1v) is 11.7. The van der Waals surface area contributed by atoms with Crippen molar-refractivity contribution in [1.82, 2.24) is 10.6 Å². The monoisotopic (exact) mass is 581 g/mol. The molecular formula is C25H26F3N5O8. The summed E-state index contributed by atoms with van der Waals surface area (Å²) >= 11 is 0. The number of alkyl carbamates (subject to hydrolysis) is 1. The summed E-state index contributed by atoms with van der Waals surface area (Å²) < 4.78 is 36.8. The minimum atomic E-state index is -5.08. The van der Waals surface area contributed by atoms with Crippen molar-refractivity contribution >= 4 is 35.5 Å². The largest absolute Gasteiger partial charge is 0.490 e. The smallest absolute Gasteiger partial charge is 0.480 e. The van der Waals surface area contributed by atoms with E-state index in [0.29, 0.717) is 17.7 Å². The highest BCUT2D eigenvalue weighted by Gasteiger charge is 2.38. The lowest BCUT2D eigenvalue weighted by Gasteiger charge is -2.16. The van der Waals surface area contributed by atoms with Gasteiger partial charge in [-0.15, -0.1) is 0 Å². The van der Waals surface area contributed by atoms with E-state index >= 15 is 0 Å². The fourth-order valence-corrected chi connectivity index (χ4v) is 3.15. The predicted molar refractivity (Wildman–Crippen MR) is 136 cm³/mol. The molecule has 2 atom stereocenters. The van der Waals surface area contributed by atoms with Crippen molar-refractivity contribution in [2.24, 2.45) is 10.9 Å². The number of carbonyl (C=O) groups excluding carboxylic acids is 2. The lowest BCUT2D eigenvalue weighted by atomic mass is 10.0. The summed E-state index contributed by atoms with van der Waals surface area (Å²) in [7, 11) is 0. The molecule has 0 spiro atoms. The van der Waals surface area contributed by atoms with Gasteiger partial charge in [-0.1, -0.05) is 59.8 Å². The number of aliphatic carboxylic acids is 2. The zero-order chi connectivity index (χ0) is 30.6. The minimum Gasteiger partial charge on any atom is -0.480 e. The number of nitrogens with zero attached hydrogens (tertiary/aromatic N) is 1. The summed E-state index contributed by atoms with van der Waals surface area (Å²) in [6, 6.07) is 14.5. The minimum absolute atomic E-state index is 0.00972. The molecule has 220 valence electrons. The molecule has 16 heteroatoms. The van der Waals surface area contributed by atoms with Gasteiger partial charge in [0.25, 0.3) is 0 Å². The third kappa shape index (κ3) is 11.2. The lowest BCUT2D eigenvalue weighted by Crippen LogP contribution is -2.48. The molecular weight excluding hydrogens is 555 g/mol. The highest BCUT2D eigenvalue weighted by Crippen LogP contribution is 2.19. The van der Waals surface area contributed by atoms with Crippen LogP contribution >= 0.6 is 0 Å². The molecule has 13 nitrogen and oxygen atoms in total. The number of amidine groups is 1. The number of halogens is 3. The number of hydrogen-bond donors (Lipinski definition) is 6. The summed E-state index contributed by atoms with van der Waals surface area (Å²) in [5, 5.41) is 32.6. The van der Waals surface area contributed by atoms with Gasteiger partial charge >= 0.3 is 24.2 Å². The van der Waals surface area contributed by atoms with Crippen LogP contribution in [-0.4, -0.2) is 70.6 Å². The number of carboxylic acid groups (broad SMARTS) is 2. The van der Waals surface area contributed by atoms with Crippen LogP contribution in [0.25, 0.3) is 0 Å². The van der Waals surface area contributed by atoms with Crippen LogP contribution in [0.4, 0.5) is 18.0 Å². The second-order valence-corrected chi connectivity index (χ2v) is 8.37. The van der Waals surface area contributed by atoms with E-state index in [-0.39, 0.29) is 25.4 Å². The maximum Gasteiger partial charge on any atom is 0.490 e. The first kappa shape index (κ1) is 32.1. The number of nitrogens with two attached hydrogens (primary N) is 1. The van der Waals surface area contributed by atoms with Crippen molar-refractivity contribution in [3.8, 4) is 0 Å². The van der Waals surface area contributed by atoms with E-state index in [9.17, 15) is 32.7 Å². The molecule has 2 amide bonds. The number of amides is 2. The van der Waals surface area contributed by atoms with E-state index in [1.54, 1.807) is 48.5 Å². The molecule has 0 bridgehead atoms. The van der Waals surface area contributed by atoms with E-state index in [1.807, 2.05) is 6.07 Å². The number of nitrogen functional groups attached to an aromatic ring is 1. The Morgan fingerprint density at radius 3 is 2.24 bits per heavy atom. The molecule has 1 aliphatic heterocycles. The van der Waals surface area contributed by atoms with Gasteiger partial charge < -0.3 is 36.2 Å². The summed E-state index contributed by atoms with van der Waals surface area (Å²) in [5.74, 6) is -4.55. The number of nitrogens with one attached hydrogen (secondary N) is 3. The molecule has 0 aliphatic carbocycles. The second-order valence-electron chi connectivity index (χ2n) is 8.37. The molecule has 1 heterocycles. The molecule has 1 unspecified atom stereocenters. The van der Waals surface area contributed by atoms with Gasteiger partial charge in [0, 0.05) is 18.5 Å². The van der Waals surface area contributed by atoms with Crippen molar-refractivity contribution in [2.75, 3.05) is 6.54 Å². The molecule has 7 N–H and O–H groups in total. The Balaban J connectivity index is 0.000000745. The Hall–Kier alpha value is -5.15. The summed E-state index contributed by atoms with van der Waals surface area (Å²) in [6.45, 7) is -0.328. The second kappa shape index (κ2) is 14.9. The van der Waals surface area contributed by atoms with Crippen molar-refractivity contribution in [3.63, 3.8) is 0 Å². The number of ether oxygens (including phenoxy) is 1. The normalized spacial score (nSPS) is 14.7. The Kier molecular flexibility index (Phi) is 11.6. The predicted octanol–water partition coefficient (Wildman–Crippen LogP) is 1.98. The molecule has 0 saturated carbocycles. The zero-order valence-corrected chi connectivity index (χ0v) is 21.2. The molecule has 0 aromatic heterocycles. The van der Waals surface area contributed by atoms with Crippen LogP contribution in [0.15, 0.2) is 59.8 Å². The highest BCUT2D eigenvalue weighted by molar-refractivity contribution is 6.02. The van der Waals surface area contributed by atoms with Crippen LogP contribution in [0.5, 0.6) is 0 Å². The van der Waals surface area contributed by atoms with E-state index < -0.39 is 42.3 Å². The number of rotatable bonds is 10. The van der Waals surface area contributed by atoms with Crippen molar-refractivity contribution in [2.45, 2.75) is 37.8 Å². The zero-order valence-electron chi connectivity index (χ0n) is 21.2. The number of alkyl halides is 3. The maximum atomic E-state index is 12.3. The number of carbonyl (C=O) groups is 4. The Labute approximate surface area is 230 Å². The summed E-state index contributed by atoms with van der Waals surface area (Å²) in [5.41, 5.74) is 8.23. The molecule has 2 aromatic carbocycles. The Morgan fingerprint density at radius 1 is 1.10 bits per heavy atom. The van der Waals surface area contributed by atoms with Gasteiger partial charge in [-0.3, -0.25) is 10.2 Å². The van der Waals surface area contributed by atoms with E-state index in [1.165, 1.54) is 0 Å². The average molecular weight is 582 g/mol. The third-order valence-corrected chi connectivity index (χ3v) is 5.22. The Morgan fingerprint density at radius 2 is 1.71 bits per heavy atom. The Bertz CT molecular complexity index is 1270. The number of oxime groups is 1. The van der Waals surface area contributed by atoms with Crippen LogP contribution in [0.3, 0.4) is 0 Å². The maximum absolute atomic E-state index is 12.3. The summed E-state index contributed by atoms with van der Waals surface area (Å²) in [4.78, 5) is 49.8. The van der Waals surface area contributed by atoms with Crippen LogP contribution in [-0.2, 0) is 30.6 Å². The fraction of sp³-hybridized carbons (Fsp3) is 0.280. The van der Waals surface area contributed by atoms with E-state index in [2.05, 4.69) is 15.8 Å². The quantitative estimate of drug-likeness (QED) is 0.178. The fourth-order valence-electron chi connectivity index (χ4n) is 3.15. The van der Waals surface area contributed by atoms with Crippen molar-refractivity contribution < 1.29 is 52.1 Å². The summed E-state index contributed by atoms with van der Waals surface area (Å²) in [6.07, 6.45) is -6.14. The van der Waals surface area contributed by atoms with Crippen molar-refractivity contribution in [1.29, 1.82) is 5.41 Å². The van der Waals surface area contributed by atoms with Gasteiger partial charge in [-0.2, -0.15) is 13.2 Å². The van der Waals surface area contributed by atoms with Gasteiger partial charge in [0.2, 0.25) is 5.91 Å². The van der Waals surface area contributed by atoms with Gasteiger partial charge in [-0.25, -0.2) is 14.4 Å². The number of benzene rings is 2. The van der Waals surface area contributed by atoms with E-state index in [4.69, 9.17) is 30.6 Å². The van der Waals surface area contributed by atoms with Gasteiger partial charge in [0.15, 0.2) is 0 Å². The lowest BCUT2D eigenvalue weighted by molar-refractivity contribution is -0.192. The molecule has 0 radical (unpaired) electrons. The van der Waals surface area contributed by atoms with Crippen LogP contribution in [0, 0.1) is 5.41 Å². The van der Waals surface area contributed by atoms with E-state index in [0.717, 1.165) is 11.1 Å². The van der Waals surface area contributed by atoms with Crippen LogP contribution < -0.4 is 16.4 Å². The average Bonchev–Trinajstić information content (AvgIpc) is 3.38. The first-order chi connectivity index (χ1) is 19.3. The first-order valence-electron chi connectivity index (χ1n) is 11.7. The highest BCUT2D eigenvalue weighted by atomic mass is 19.4. The van der Waals surface area contributed by atoms with Crippen LogP contribution in [0.1, 0.15) is 29.5 Å². The molecule has 0 saturated heterocycles. The molecule has 3 rings (SSSR count). The standard InChI is InChI=1S/C23H25N5O6.C2HF3O2/c24-21(25)16-8-6-15(7-9-16)18-10-17(34-28-18)11-20(29)26-12-19(22(30)31)27-23(32)33-13-14-4-2-1-3-5-14;3-2(4,5)1(6)7/h1-9,17,19H,10-13H2,(H3,24,25)(H,26,29)(H,27,32)(H,30,31);(H,6,7)/t17?,19-;/m0./s1. The van der Waals surface area contributed by atoms with Gasteiger partial charge in [0.1, 0.15) is 24.6 Å². The van der Waals surface area contributed by atoms with Crippen LogP contribution in [0.2, 0.25) is 0 Å². The molecule has 2 aromatic rings. The molecule has 0 fully saturated rings. The third-order valence-electron chi connectivity index (χ3n) is 5.22. The SMILES string of the molecule is N=C(N)c1ccc(C2=NOC(CC(=O)NC[C@H](NC(=O)OCc3ccccc3)C(=O)O)C2)cc1.O=C(O)C(F)(F)F. The topological polar surface area (TPSA) is 213 Å².